The van der Waals surface area contributed by atoms with Crippen molar-refractivity contribution in [2.75, 3.05) is 12.9 Å². The van der Waals surface area contributed by atoms with Gasteiger partial charge < -0.3 is 10.1 Å². The zero-order chi connectivity index (χ0) is 19.2. The zero-order valence-electron chi connectivity index (χ0n) is 16.1. The van der Waals surface area contributed by atoms with Crippen LogP contribution >= 0.6 is 11.8 Å². The third-order valence-electron chi connectivity index (χ3n) is 4.92. The van der Waals surface area contributed by atoms with Crippen molar-refractivity contribution in [1.82, 2.24) is 25.5 Å². The lowest BCUT2D eigenvalue weighted by Crippen LogP contribution is -2.33. The number of ether oxygens (including phenoxy) is 1. The summed E-state index contributed by atoms with van der Waals surface area (Å²) in [5.74, 6) is 1.36. The van der Waals surface area contributed by atoms with Gasteiger partial charge in [-0.2, -0.15) is 0 Å². The third-order valence-corrected chi connectivity index (χ3v) is 5.86. The van der Waals surface area contributed by atoms with E-state index in [9.17, 15) is 4.79 Å². The molecule has 3 rings (SSSR count). The average Bonchev–Trinajstić information content (AvgIpc) is 3.35. The summed E-state index contributed by atoms with van der Waals surface area (Å²) in [5.41, 5.74) is 1.07. The van der Waals surface area contributed by atoms with Crippen molar-refractivity contribution in [3.8, 4) is 5.75 Å². The molecule has 1 aliphatic rings. The molecule has 0 radical (unpaired) electrons. The van der Waals surface area contributed by atoms with Gasteiger partial charge in [-0.05, 0) is 46.9 Å². The van der Waals surface area contributed by atoms with E-state index in [4.69, 9.17) is 4.74 Å². The first-order valence-corrected chi connectivity index (χ1v) is 10.4. The molecule has 1 N–H and O–H groups in total. The van der Waals surface area contributed by atoms with Crippen LogP contribution in [-0.2, 0) is 4.79 Å². The summed E-state index contributed by atoms with van der Waals surface area (Å²) in [6.45, 7) is 4.20. The number of amides is 1. The number of hydrogen-bond acceptors (Lipinski definition) is 6. The number of carbonyl (C=O) groups is 1. The van der Waals surface area contributed by atoms with E-state index in [1.807, 2.05) is 28.9 Å². The summed E-state index contributed by atoms with van der Waals surface area (Å²) >= 11 is 1.40. The standard InChI is InChI=1S/C19H27N5O2S/c1-13(2)18(14-8-10-16(26-3)11-9-14)20-17(25)12-27-19-21-22-23-24(19)15-6-4-5-7-15/h8-11,13,15,18H,4-7,12H2,1-3H3,(H,20,25)/t18-/m1/s1. The molecule has 0 unspecified atom stereocenters. The molecule has 7 nitrogen and oxygen atoms in total. The Morgan fingerprint density at radius 1 is 1.30 bits per heavy atom. The highest BCUT2D eigenvalue weighted by atomic mass is 32.2. The first-order chi connectivity index (χ1) is 13.1. The van der Waals surface area contributed by atoms with Crippen LogP contribution in [0, 0.1) is 5.92 Å². The van der Waals surface area contributed by atoms with E-state index in [-0.39, 0.29) is 17.9 Å². The normalized spacial score (nSPS) is 15.9. The fraction of sp³-hybridized carbons (Fsp3) is 0.579. The molecule has 1 heterocycles. The van der Waals surface area contributed by atoms with Gasteiger partial charge >= 0.3 is 0 Å². The molecule has 0 aliphatic heterocycles. The van der Waals surface area contributed by atoms with E-state index in [0.29, 0.717) is 11.8 Å². The van der Waals surface area contributed by atoms with Crippen molar-refractivity contribution in [3.63, 3.8) is 0 Å². The predicted octanol–water partition coefficient (Wildman–Crippen LogP) is 3.40. The van der Waals surface area contributed by atoms with E-state index < -0.39 is 0 Å². The van der Waals surface area contributed by atoms with Gasteiger partial charge in [-0.1, -0.05) is 50.6 Å². The molecule has 146 valence electrons. The predicted molar refractivity (Wildman–Crippen MR) is 105 cm³/mol. The van der Waals surface area contributed by atoms with E-state index in [2.05, 4.69) is 34.7 Å². The van der Waals surface area contributed by atoms with Crippen molar-refractivity contribution in [2.24, 2.45) is 5.92 Å². The van der Waals surface area contributed by atoms with Crippen LogP contribution in [0.15, 0.2) is 29.4 Å². The number of hydrogen-bond donors (Lipinski definition) is 1. The molecule has 0 saturated heterocycles. The van der Waals surface area contributed by atoms with Gasteiger partial charge in [0.1, 0.15) is 5.75 Å². The highest BCUT2D eigenvalue weighted by Gasteiger charge is 2.23. The molecule has 8 heteroatoms. The molecule has 1 saturated carbocycles. The number of benzene rings is 1. The first-order valence-electron chi connectivity index (χ1n) is 9.42. The maximum absolute atomic E-state index is 12.5. The van der Waals surface area contributed by atoms with E-state index in [0.717, 1.165) is 29.3 Å². The largest absolute Gasteiger partial charge is 0.497 e. The van der Waals surface area contributed by atoms with Crippen LogP contribution in [0.3, 0.4) is 0 Å². The zero-order valence-corrected chi connectivity index (χ0v) is 16.9. The number of nitrogens with one attached hydrogen (secondary N) is 1. The molecule has 27 heavy (non-hydrogen) atoms. The second-order valence-corrected chi connectivity index (χ2v) is 8.14. The van der Waals surface area contributed by atoms with Crippen molar-refractivity contribution in [3.05, 3.63) is 29.8 Å². The number of methoxy groups -OCH3 is 1. The molecular formula is C19H27N5O2S. The van der Waals surface area contributed by atoms with E-state index in [1.165, 1.54) is 24.6 Å². The number of tetrazole rings is 1. The maximum atomic E-state index is 12.5. The Kier molecular flexibility index (Phi) is 6.71. The quantitative estimate of drug-likeness (QED) is 0.697. The SMILES string of the molecule is COc1ccc([C@H](NC(=O)CSc2nnnn2C2CCCC2)C(C)C)cc1. The molecule has 2 aromatic rings. The minimum absolute atomic E-state index is 0.0181. The number of rotatable bonds is 8. The van der Waals surface area contributed by atoms with Gasteiger partial charge in [0.2, 0.25) is 11.1 Å². The molecule has 0 spiro atoms. The lowest BCUT2D eigenvalue weighted by atomic mass is 9.96. The van der Waals surface area contributed by atoms with Gasteiger partial charge in [0.25, 0.3) is 0 Å². The Balaban J connectivity index is 1.59. The summed E-state index contributed by atoms with van der Waals surface area (Å²) in [4.78, 5) is 12.5. The number of nitrogens with zero attached hydrogens (tertiary/aromatic N) is 4. The number of aromatic nitrogens is 4. The van der Waals surface area contributed by atoms with Crippen molar-refractivity contribution < 1.29 is 9.53 Å². The van der Waals surface area contributed by atoms with Crippen LogP contribution in [0.4, 0.5) is 0 Å². The Hall–Kier alpha value is -2.09. The minimum atomic E-state index is -0.0465. The third kappa shape index (κ3) is 5.00. The molecule has 0 bridgehead atoms. The maximum Gasteiger partial charge on any atom is 0.230 e. The van der Waals surface area contributed by atoms with E-state index >= 15 is 0 Å². The monoisotopic (exact) mass is 389 g/mol. The molecule has 1 aromatic heterocycles. The van der Waals surface area contributed by atoms with Crippen LogP contribution in [0.5, 0.6) is 5.75 Å². The summed E-state index contributed by atoms with van der Waals surface area (Å²) in [6.07, 6.45) is 4.65. The molecular weight excluding hydrogens is 362 g/mol. The first kappa shape index (κ1) is 19.7. The second-order valence-electron chi connectivity index (χ2n) is 7.20. The number of thioether (sulfide) groups is 1. The van der Waals surface area contributed by atoms with Gasteiger partial charge in [-0.25, -0.2) is 4.68 Å². The highest BCUT2D eigenvalue weighted by Crippen LogP contribution is 2.31. The molecule has 1 amide bonds. The van der Waals surface area contributed by atoms with Crippen molar-refractivity contribution >= 4 is 17.7 Å². The molecule has 1 aliphatic carbocycles. The van der Waals surface area contributed by atoms with Crippen LogP contribution in [0.1, 0.15) is 57.2 Å². The number of carbonyl (C=O) groups excluding carboxylic acids is 1. The topological polar surface area (TPSA) is 81.9 Å². The van der Waals surface area contributed by atoms with Gasteiger partial charge in [0, 0.05) is 0 Å². The minimum Gasteiger partial charge on any atom is -0.497 e. The Morgan fingerprint density at radius 2 is 2.00 bits per heavy atom. The Morgan fingerprint density at radius 3 is 2.63 bits per heavy atom. The molecule has 1 aromatic carbocycles. The summed E-state index contributed by atoms with van der Waals surface area (Å²) in [7, 11) is 1.65. The summed E-state index contributed by atoms with van der Waals surface area (Å²) < 4.78 is 7.10. The summed E-state index contributed by atoms with van der Waals surface area (Å²) in [5, 5.41) is 15.9. The Bertz CT molecular complexity index is 741. The Labute approximate surface area is 164 Å². The van der Waals surface area contributed by atoms with Gasteiger partial charge in [-0.15, -0.1) is 5.10 Å². The van der Waals surface area contributed by atoms with Gasteiger partial charge in [0.15, 0.2) is 0 Å². The summed E-state index contributed by atoms with van der Waals surface area (Å²) in [6, 6.07) is 8.15. The van der Waals surface area contributed by atoms with Crippen molar-refractivity contribution in [1.29, 1.82) is 0 Å². The van der Waals surface area contributed by atoms with Gasteiger partial charge in [-0.3, -0.25) is 4.79 Å². The van der Waals surface area contributed by atoms with E-state index in [1.54, 1.807) is 7.11 Å². The molecule has 1 atom stereocenters. The van der Waals surface area contributed by atoms with Crippen LogP contribution < -0.4 is 10.1 Å². The van der Waals surface area contributed by atoms with Gasteiger partial charge in [0.05, 0.1) is 24.9 Å². The van der Waals surface area contributed by atoms with Crippen LogP contribution in [0.2, 0.25) is 0 Å². The lowest BCUT2D eigenvalue weighted by molar-refractivity contribution is -0.119. The lowest BCUT2D eigenvalue weighted by Gasteiger charge is -2.23. The van der Waals surface area contributed by atoms with Crippen LogP contribution in [0.25, 0.3) is 0 Å². The smallest absolute Gasteiger partial charge is 0.230 e. The highest BCUT2D eigenvalue weighted by molar-refractivity contribution is 7.99. The van der Waals surface area contributed by atoms with Crippen molar-refractivity contribution in [2.45, 2.75) is 56.8 Å². The average molecular weight is 390 g/mol. The fourth-order valence-corrected chi connectivity index (χ4v) is 4.21. The van der Waals surface area contributed by atoms with Crippen LogP contribution in [-0.4, -0.2) is 39.0 Å². The molecule has 1 fully saturated rings. The second kappa shape index (κ2) is 9.21. The fourth-order valence-electron chi connectivity index (χ4n) is 3.45.